The van der Waals surface area contributed by atoms with Crippen LogP contribution in [0.15, 0.2) is 114 Å². The lowest BCUT2D eigenvalue weighted by Gasteiger charge is -2.32. The Bertz CT molecular complexity index is 1610. The summed E-state index contributed by atoms with van der Waals surface area (Å²) >= 11 is 0. The Morgan fingerprint density at radius 3 is 2.05 bits per heavy atom. The Morgan fingerprint density at radius 2 is 1.41 bits per heavy atom. The van der Waals surface area contributed by atoms with Crippen LogP contribution in [0.1, 0.15) is 35.6 Å². The second kappa shape index (κ2) is 15.8. The fourth-order valence-electron chi connectivity index (χ4n) is 4.99. The lowest BCUT2D eigenvalue weighted by atomic mass is 10.0. The van der Waals surface area contributed by atoms with Crippen LogP contribution in [-0.4, -0.2) is 44.8 Å². The smallest absolute Gasteiger partial charge is 0.243 e. The zero-order valence-corrected chi connectivity index (χ0v) is 25.9. The monoisotopic (exact) mass is 613 g/mol. The van der Waals surface area contributed by atoms with E-state index in [1.807, 2.05) is 84.9 Å². The van der Waals surface area contributed by atoms with Crippen molar-refractivity contribution in [3.8, 4) is 5.75 Å². The Balaban J connectivity index is 1.58. The summed E-state index contributed by atoms with van der Waals surface area (Å²) in [6.07, 6.45) is 0.887. The molecule has 230 valence electrons. The summed E-state index contributed by atoms with van der Waals surface area (Å²) in [4.78, 5) is 29.7. The van der Waals surface area contributed by atoms with Crippen molar-refractivity contribution in [3.05, 3.63) is 131 Å². The molecule has 9 heteroatoms. The molecule has 2 amide bonds. The maximum absolute atomic E-state index is 14.0. The average molecular weight is 614 g/mol. The second-order valence-electron chi connectivity index (χ2n) is 10.4. The number of ether oxygens (including phenoxy) is 1. The van der Waals surface area contributed by atoms with Gasteiger partial charge in [-0.1, -0.05) is 97.9 Å². The van der Waals surface area contributed by atoms with Gasteiger partial charge >= 0.3 is 0 Å². The maximum Gasteiger partial charge on any atom is 0.243 e. The number of methoxy groups -OCH3 is 1. The number of nitrogens with one attached hydrogen (secondary N) is 2. The molecule has 0 aliphatic rings. The lowest BCUT2D eigenvalue weighted by molar-refractivity contribution is -0.141. The van der Waals surface area contributed by atoms with Gasteiger partial charge in [-0.2, -0.15) is 0 Å². The molecule has 8 nitrogen and oxygen atoms in total. The molecule has 0 aromatic heterocycles. The van der Waals surface area contributed by atoms with Gasteiger partial charge in [0.1, 0.15) is 11.8 Å². The highest BCUT2D eigenvalue weighted by molar-refractivity contribution is 7.89. The van der Waals surface area contributed by atoms with E-state index in [4.69, 9.17) is 4.74 Å². The third-order valence-electron chi connectivity index (χ3n) is 7.31. The maximum atomic E-state index is 14.0. The number of hydrogen-bond donors (Lipinski definition) is 2. The van der Waals surface area contributed by atoms with Crippen molar-refractivity contribution in [2.45, 2.75) is 50.2 Å². The fraction of sp³-hybridized carbons (Fsp3) is 0.257. The summed E-state index contributed by atoms with van der Waals surface area (Å²) in [5.41, 5.74) is 3.51. The van der Waals surface area contributed by atoms with E-state index in [1.54, 1.807) is 43.2 Å². The number of aryl methyl sites for hydroxylation is 1. The van der Waals surface area contributed by atoms with Crippen LogP contribution in [0.25, 0.3) is 0 Å². The molecule has 0 saturated carbocycles. The fourth-order valence-corrected chi connectivity index (χ4v) is 6.03. The van der Waals surface area contributed by atoms with Gasteiger partial charge in [0.2, 0.25) is 21.8 Å². The third kappa shape index (κ3) is 9.02. The largest absolute Gasteiger partial charge is 0.496 e. The number of rotatable bonds is 15. The van der Waals surface area contributed by atoms with Crippen LogP contribution in [0.4, 0.5) is 0 Å². The lowest BCUT2D eigenvalue weighted by Crippen LogP contribution is -2.50. The van der Waals surface area contributed by atoms with Crippen molar-refractivity contribution >= 4 is 21.8 Å². The number of amides is 2. The molecule has 0 bridgehead atoms. The molecule has 4 aromatic carbocycles. The van der Waals surface area contributed by atoms with Crippen molar-refractivity contribution in [2.75, 3.05) is 13.7 Å². The minimum atomic E-state index is -3.56. The Morgan fingerprint density at radius 1 is 0.795 bits per heavy atom. The van der Waals surface area contributed by atoms with E-state index in [1.165, 1.54) is 0 Å². The molecule has 44 heavy (non-hydrogen) atoms. The van der Waals surface area contributed by atoms with Crippen LogP contribution < -0.4 is 14.8 Å². The van der Waals surface area contributed by atoms with Gasteiger partial charge in [-0.25, -0.2) is 13.1 Å². The molecule has 4 rings (SSSR count). The molecule has 0 radical (unpaired) electrons. The first-order valence-electron chi connectivity index (χ1n) is 14.7. The molecule has 0 heterocycles. The molecule has 0 spiro atoms. The SMILES string of the molecule is CCNS(=O)(=O)c1ccc(CCC(=O)N(Cc2ccccc2)[C@H](Cc2ccccc2)C(=O)NCc2ccccc2OC)cc1. The Kier molecular flexibility index (Phi) is 11.7. The number of para-hydroxylation sites is 1. The van der Waals surface area contributed by atoms with Crippen molar-refractivity contribution in [1.29, 1.82) is 0 Å². The van der Waals surface area contributed by atoms with E-state index in [0.717, 1.165) is 22.3 Å². The van der Waals surface area contributed by atoms with Crippen LogP contribution in [0.2, 0.25) is 0 Å². The summed E-state index contributed by atoms with van der Waals surface area (Å²) in [6.45, 7) is 2.54. The molecule has 0 fully saturated rings. The van der Waals surface area contributed by atoms with Crippen LogP contribution in [0.5, 0.6) is 5.75 Å². The standard InChI is InChI=1S/C35H39N3O5S/c1-3-37-44(41,42)31-21-18-27(19-22-31)20-23-34(39)38(26-29-14-8-5-9-15-29)32(24-28-12-6-4-7-13-28)35(40)36-25-30-16-10-11-17-33(30)43-2/h4-19,21-22,32,37H,3,20,23-26H2,1-2H3,(H,36,40)/t32-/m1/s1. The van der Waals surface area contributed by atoms with E-state index in [-0.39, 0.29) is 36.2 Å². The van der Waals surface area contributed by atoms with Crippen molar-refractivity contribution in [3.63, 3.8) is 0 Å². The van der Waals surface area contributed by atoms with Crippen molar-refractivity contribution < 1.29 is 22.7 Å². The second-order valence-corrected chi connectivity index (χ2v) is 12.2. The van der Waals surface area contributed by atoms with Gasteiger partial charge in [-0.15, -0.1) is 0 Å². The first kappa shape index (κ1) is 32.4. The molecule has 0 aliphatic carbocycles. The van der Waals surface area contributed by atoms with Gasteiger partial charge in [0, 0.05) is 38.0 Å². The quantitative estimate of drug-likeness (QED) is 0.199. The zero-order valence-electron chi connectivity index (χ0n) is 25.1. The highest BCUT2D eigenvalue weighted by Gasteiger charge is 2.30. The topological polar surface area (TPSA) is 105 Å². The first-order valence-corrected chi connectivity index (χ1v) is 16.1. The Labute approximate surface area is 260 Å². The molecule has 0 saturated heterocycles. The van der Waals surface area contributed by atoms with E-state index < -0.39 is 16.1 Å². The number of nitrogens with zero attached hydrogens (tertiary/aromatic N) is 1. The zero-order chi connectivity index (χ0) is 31.4. The van der Waals surface area contributed by atoms with Crippen molar-refractivity contribution in [1.82, 2.24) is 14.9 Å². The molecule has 1 atom stereocenters. The normalized spacial score (nSPS) is 11.9. The number of sulfonamides is 1. The minimum absolute atomic E-state index is 0.150. The summed E-state index contributed by atoms with van der Waals surface area (Å²) in [5.74, 6) is 0.238. The molecule has 0 aliphatic heterocycles. The third-order valence-corrected chi connectivity index (χ3v) is 8.87. The molecule has 4 aromatic rings. The summed E-state index contributed by atoms with van der Waals surface area (Å²) in [6, 6.07) is 32.5. The number of carbonyl (C=O) groups is 2. The molecule has 0 unspecified atom stereocenters. The predicted molar refractivity (Wildman–Crippen MR) is 171 cm³/mol. The molecular weight excluding hydrogens is 574 g/mol. The van der Waals surface area contributed by atoms with Gasteiger partial charge < -0.3 is 15.0 Å². The summed E-state index contributed by atoms with van der Waals surface area (Å²) in [5, 5.41) is 3.04. The first-order chi connectivity index (χ1) is 21.3. The minimum Gasteiger partial charge on any atom is -0.496 e. The van der Waals surface area contributed by atoms with E-state index >= 15 is 0 Å². The number of benzene rings is 4. The highest BCUT2D eigenvalue weighted by atomic mass is 32.2. The van der Waals surface area contributed by atoms with Crippen LogP contribution >= 0.6 is 0 Å². The number of carbonyl (C=O) groups excluding carboxylic acids is 2. The number of hydrogen-bond acceptors (Lipinski definition) is 5. The van der Waals surface area contributed by atoms with Gasteiger partial charge in [-0.3, -0.25) is 9.59 Å². The van der Waals surface area contributed by atoms with Gasteiger partial charge in [-0.05, 0) is 41.3 Å². The summed E-state index contributed by atoms with van der Waals surface area (Å²) < 4.78 is 32.6. The average Bonchev–Trinajstić information content (AvgIpc) is 3.05. The molecular formula is C35H39N3O5S. The predicted octanol–water partition coefficient (Wildman–Crippen LogP) is 4.88. The Hall–Kier alpha value is -4.47. The van der Waals surface area contributed by atoms with E-state index in [9.17, 15) is 18.0 Å². The van der Waals surface area contributed by atoms with Crippen LogP contribution in [0.3, 0.4) is 0 Å². The van der Waals surface area contributed by atoms with E-state index in [0.29, 0.717) is 25.1 Å². The van der Waals surface area contributed by atoms with Gasteiger partial charge in [0.25, 0.3) is 0 Å². The highest BCUT2D eigenvalue weighted by Crippen LogP contribution is 2.20. The van der Waals surface area contributed by atoms with Crippen LogP contribution in [0, 0.1) is 0 Å². The van der Waals surface area contributed by atoms with Crippen molar-refractivity contribution in [2.24, 2.45) is 0 Å². The van der Waals surface area contributed by atoms with Gasteiger partial charge in [0.05, 0.1) is 12.0 Å². The van der Waals surface area contributed by atoms with Gasteiger partial charge in [0.15, 0.2) is 0 Å². The summed E-state index contributed by atoms with van der Waals surface area (Å²) in [7, 11) is -1.97. The van der Waals surface area contributed by atoms with E-state index in [2.05, 4.69) is 10.0 Å². The van der Waals surface area contributed by atoms with Crippen LogP contribution in [-0.2, 0) is 45.5 Å². The molecule has 2 N–H and O–H groups in total.